The first kappa shape index (κ1) is 78.8. The number of nitrogens with one attached hydrogen (secondary N) is 2. The van der Waals surface area contributed by atoms with E-state index in [1.54, 1.807) is 67.5 Å². The van der Waals surface area contributed by atoms with Gasteiger partial charge in [-0.15, -0.1) is 11.8 Å². The zero-order valence-electron chi connectivity index (χ0n) is 62.7. The Hall–Kier alpha value is -12.3. The Morgan fingerprint density at radius 1 is 0.372 bits per heavy atom. The summed E-state index contributed by atoms with van der Waals surface area (Å²) in [5.74, 6) is 0.655. The summed E-state index contributed by atoms with van der Waals surface area (Å²) in [6.45, 7) is 5.86. The van der Waals surface area contributed by atoms with Crippen molar-refractivity contribution in [2.24, 2.45) is 0 Å². The molecule has 3 aliphatic rings. The van der Waals surface area contributed by atoms with Crippen molar-refractivity contribution in [2.45, 2.75) is 93.0 Å². The average molecular weight is 1580 g/mol. The fourth-order valence-electron chi connectivity index (χ4n) is 13.8. The number of carboxylic acid groups (broad SMARTS) is 1. The minimum absolute atomic E-state index is 0.00702. The van der Waals surface area contributed by atoms with Crippen LogP contribution in [0, 0.1) is 0 Å². The molecule has 0 saturated carbocycles. The smallest absolute Gasteiger partial charge is 0.335 e. The number of nitrogens with zero attached hydrogens (tertiary/aromatic N) is 9. The number of thioether (sulfide) groups is 1. The number of rotatable bonds is 24. The molecule has 15 rings (SSSR count). The van der Waals surface area contributed by atoms with Crippen molar-refractivity contribution in [2.75, 3.05) is 70.3 Å². The number of hydrogen-bond acceptors (Lipinski definition) is 17. The molecule has 0 bridgehead atoms. The highest BCUT2D eigenvalue weighted by Gasteiger charge is 2.24. The fourth-order valence-corrected chi connectivity index (χ4v) is 15.1. The van der Waals surface area contributed by atoms with Gasteiger partial charge in [0.15, 0.2) is 34.8 Å². The molecule has 21 heteroatoms. The number of aromatic nitrogens is 6. The first-order chi connectivity index (χ1) is 55.2. The Balaban J connectivity index is 0.000000153. The highest BCUT2D eigenvalue weighted by molar-refractivity contribution is 9.08. The van der Waals surface area contributed by atoms with Gasteiger partial charge >= 0.3 is 5.97 Å². The molecule has 19 nitrogen and oxygen atoms in total. The van der Waals surface area contributed by atoms with Crippen molar-refractivity contribution in [1.82, 2.24) is 29.9 Å². The Kier molecular flexibility index (Phi) is 27.2. The summed E-state index contributed by atoms with van der Waals surface area (Å²) in [5, 5.41) is 15.9. The second kappa shape index (κ2) is 39.0. The van der Waals surface area contributed by atoms with Gasteiger partial charge in [-0.2, -0.15) is 0 Å². The number of benzene rings is 9. The quantitative estimate of drug-likeness (QED) is 0.0190. The monoisotopic (exact) mass is 1580 g/mol. The van der Waals surface area contributed by atoms with Crippen LogP contribution in [0.2, 0.25) is 0 Å². The molecule has 3 aliphatic heterocycles. The van der Waals surface area contributed by atoms with Crippen LogP contribution in [-0.4, -0.2) is 109 Å². The predicted molar refractivity (Wildman–Crippen MR) is 453 cm³/mol. The zero-order valence-corrected chi connectivity index (χ0v) is 65.1. The number of nitrogen functional groups attached to an aromatic ring is 1. The third-order valence-corrected chi connectivity index (χ3v) is 21.6. The standard InChI is InChI=1S/C38H34N4O4S.C31H29BrN4O2.C23H24N4O/c43-35(20-27-23-39-36(40-24-27)28-10-3-1-4-11-28)33-22-31(42-17-5-2-6-18-42)15-16-34(33)41-37(44)29-12-7-9-26(19-29)25-47-32-14-8-13-30(21-32)38(45)46;32-19-22-8-7-11-25(16-22)31(38)35-28-13-12-26(36-14-5-2-6-15-36)18-27(28)29(37)17-23-20-33-30(34-21-23)24-9-3-1-4-10-24;24-21-10-9-19(27-11-5-2-6-12-27)14-20(21)22(28)13-17-15-25-23(26-16-17)18-7-3-1-4-8-18/h1,3-4,7-16,19,21-24H,2,5-6,17-18,20,25H2,(H,41,44)(H,45,46);1,3-4,7-13,16,18,20-21H,2,5-6,14-15,17,19H2,(H,35,38);1,3-4,7-10,14-16H,2,5-6,11-13,24H2. The molecule has 3 saturated heterocycles. The fraction of sp³-hybridized carbons (Fsp3) is 0.217. The van der Waals surface area contributed by atoms with Crippen molar-refractivity contribution >= 4 is 96.9 Å². The number of halogens is 1. The number of ketones is 3. The Morgan fingerprint density at radius 3 is 1.12 bits per heavy atom. The second-order valence-corrected chi connectivity index (χ2v) is 29.7. The third-order valence-electron chi connectivity index (χ3n) is 19.9. The van der Waals surface area contributed by atoms with Crippen molar-refractivity contribution < 1.29 is 33.9 Å². The number of alkyl halides is 1. The maximum atomic E-state index is 13.8. The highest BCUT2D eigenvalue weighted by atomic mass is 79.9. The Labute approximate surface area is 670 Å². The summed E-state index contributed by atoms with van der Waals surface area (Å²) < 4.78 is 0. The lowest BCUT2D eigenvalue weighted by atomic mass is 10.0. The van der Waals surface area contributed by atoms with E-state index in [-0.39, 0.29) is 54.0 Å². The Bertz CT molecular complexity index is 5280. The summed E-state index contributed by atoms with van der Waals surface area (Å²) in [7, 11) is 0. The number of carbonyl (C=O) groups excluding carboxylic acids is 5. The van der Waals surface area contributed by atoms with E-state index < -0.39 is 5.97 Å². The molecule has 12 aromatic rings. The van der Waals surface area contributed by atoms with Gasteiger partial charge in [0.1, 0.15) is 0 Å². The molecule has 0 radical (unpaired) electrons. The van der Waals surface area contributed by atoms with Crippen LogP contribution in [0.5, 0.6) is 0 Å². The maximum absolute atomic E-state index is 13.8. The SMILES string of the molecule is Nc1ccc(N2CCCCC2)cc1C(=O)Cc1cnc(-c2ccccc2)nc1.O=C(Nc1ccc(N2CCCCC2)cc1C(=O)Cc1cnc(-c2ccccc2)nc1)c1cccc(CBr)c1.O=C(O)c1cccc(SCc2cccc(C(=O)Nc3ccc(N4CCCCC4)cc3C(=O)Cc3cnc(-c4ccccc4)nc3)c2)c1. The molecule has 0 spiro atoms. The van der Waals surface area contributed by atoms with Crippen LogP contribution in [0.1, 0.15) is 148 Å². The summed E-state index contributed by atoms with van der Waals surface area (Å²) in [6.07, 6.45) is 21.2. The zero-order chi connectivity index (χ0) is 78.3. The number of anilines is 6. The van der Waals surface area contributed by atoms with Crippen LogP contribution in [0.15, 0.2) is 260 Å². The molecule has 9 aromatic carbocycles. The van der Waals surface area contributed by atoms with Gasteiger partial charge in [-0.1, -0.05) is 137 Å². The van der Waals surface area contributed by atoms with E-state index in [9.17, 15) is 33.9 Å². The normalized spacial score (nSPS) is 13.3. The van der Waals surface area contributed by atoms with E-state index in [1.165, 1.54) is 43.9 Å². The lowest BCUT2D eigenvalue weighted by Gasteiger charge is -2.29. The van der Waals surface area contributed by atoms with Crippen molar-refractivity contribution in [3.63, 3.8) is 0 Å². The minimum atomic E-state index is -0.970. The van der Waals surface area contributed by atoms with Crippen LogP contribution in [0.25, 0.3) is 34.2 Å². The molecule has 2 amide bonds. The Morgan fingerprint density at radius 2 is 0.726 bits per heavy atom. The topological polar surface area (TPSA) is 260 Å². The molecule has 0 aliphatic carbocycles. The summed E-state index contributed by atoms with van der Waals surface area (Å²) in [6, 6.07) is 67.9. The lowest BCUT2D eigenvalue weighted by molar-refractivity contribution is 0.0695. The molecule has 570 valence electrons. The van der Waals surface area contributed by atoms with Crippen molar-refractivity contribution in [1.29, 1.82) is 0 Å². The summed E-state index contributed by atoms with van der Waals surface area (Å²) in [4.78, 5) is 113. The predicted octanol–water partition coefficient (Wildman–Crippen LogP) is 18.7. The molecule has 3 aromatic heterocycles. The van der Waals surface area contributed by atoms with E-state index >= 15 is 0 Å². The molecular weight excluding hydrogens is 1500 g/mol. The molecule has 113 heavy (non-hydrogen) atoms. The van der Waals surface area contributed by atoms with Gasteiger partial charge < -0.3 is 36.2 Å². The third kappa shape index (κ3) is 21.6. The highest BCUT2D eigenvalue weighted by Crippen LogP contribution is 2.33. The molecule has 5 N–H and O–H groups in total. The van der Waals surface area contributed by atoms with E-state index in [2.05, 4.69) is 71.2 Å². The largest absolute Gasteiger partial charge is 0.478 e. The molecule has 6 heterocycles. The molecule has 0 unspecified atom stereocenters. The lowest BCUT2D eigenvalue weighted by Crippen LogP contribution is -2.29. The molecular formula is C92H87BrN12O7S. The van der Waals surface area contributed by atoms with Crippen molar-refractivity contribution in [3.05, 3.63) is 317 Å². The maximum Gasteiger partial charge on any atom is 0.335 e. The van der Waals surface area contributed by atoms with Crippen LogP contribution in [0.3, 0.4) is 0 Å². The van der Waals surface area contributed by atoms with Gasteiger partial charge in [-0.3, -0.25) is 24.0 Å². The van der Waals surface area contributed by atoms with E-state index in [1.807, 2.05) is 188 Å². The van der Waals surface area contributed by atoms with Gasteiger partial charge in [0.05, 0.1) is 16.9 Å². The van der Waals surface area contributed by atoms with Crippen LogP contribution >= 0.6 is 27.7 Å². The number of nitrogens with two attached hydrogens (primary N) is 1. The average Bonchev–Trinajstić information content (AvgIpc) is 0.795. The number of Topliss-reactive ketones (excluding diaryl/α,β-unsaturated/α-hetero) is 3. The van der Waals surface area contributed by atoms with E-state index in [0.29, 0.717) is 79.0 Å². The van der Waals surface area contributed by atoms with Crippen LogP contribution in [-0.2, 0) is 30.3 Å². The van der Waals surface area contributed by atoms with Gasteiger partial charge in [-0.25, -0.2) is 34.7 Å². The molecule has 0 atom stereocenters. The minimum Gasteiger partial charge on any atom is -0.478 e. The van der Waals surface area contributed by atoms with Crippen molar-refractivity contribution in [3.8, 4) is 34.2 Å². The summed E-state index contributed by atoms with van der Waals surface area (Å²) >= 11 is 4.94. The first-order valence-electron chi connectivity index (χ1n) is 38.2. The van der Waals surface area contributed by atoms with E-state index in [4.69, 9.17) is 5.73 Å². The number of hydrogen-bond donors (Lipinski definition) is 4. The van der Waals surface area contributed by atoms with Gasteiger partial charge in [0.25, 0.3) is 11.8 Å². The number of aromatic carboxylic acids is 1. The number of piperidine rings is 3. The van der Waals surface area contributed by atoms with Gasteiger partial charge in [0.2, 0.25) is 0 Å². The van der Waals surface area contributed by atoms with Crippen LogP contribution in [0.4, 0.5) is 34.1 Å². The first-order valence-corrected chi connectivity index (χ1v) is 40.3. The van der Waals surface area contributed by atoms with Gasteiger partial charge in [0, 0.05) is 179 Å². The van der Waals surface area contributed by atoms with Crippen LogP contribution < -0.4 is 31.1 Å². The number of amides is 2. The number of carboxylic acids is 1. The number of carbonyl (C=O) groups is 6. The van der Waals surface area contributed by atoms with E-state index in [0.717, 1.165) is 126 Å². The molecule has 3 fully saturated rings. The second-order valence-electron chi connectivity index (χ2n) is 28.1. The van der Waals surface area contributed by atoms with Gasteiger partial charge in [-0.05, 0) is 183 Å². The summed E-state index contributed by atoms with van der Waals surface area (Å²) in [5.41, 5.74) is 20.3.